The summed E-state index contributed by atoms with van der Waals surface area (Å²) < 4.78 is 5.19. The fraction of sp³-hybridized carbons (Fsp3) is 0.750. The van der Waals surface area contributed by atoms with Crippen molar-refractivity contribution in [2.24, 2.45) is 0 Å². The van der Waals surface area contributed by atoms with Crippen LogP contribution in [0.25, 0.3) is 0 Å². The predicted molar refractivity (Wildman–Crippen MR) is 66.2 cm³/mol. The molecule has 2 fully saturated rings. The molecule has 2 N–H and O–H groups in total. The monoisotopic (exact) mass is 269 g/mol. The van der Waals surface area contributed by atoms with Gasteiger partial charge in [0, 0.05) is 19.5 Å². The molecule has 0 saturated carbocycles. The highest BCUT2D eigenvalue weighted by atomic mass is 16.5. The first-order valence-corrected chi connectivity index (χ1v) is 6.54. The Hall–Kier alpha value is -1.47. The molecule has 2 heterocycles. The van der Waals surface area contributed by atoms with Crippen LogP contribution < -0.4 is 10.6 Å². The molecule has 2 rings (SSSR count). The smallest absolute Gasteiger partial charge is 0.243 e. The number of rotatable bonds is 3. The maximum absolute atomic E-state index is 12.2. The molecule has 0 bridgehead atoms. The van der Waals surface area contributed by atoms with Crippen LogP contribution in [0.4, 0.5) is 0 Å². The van der Waals surface area contributed by atoms with Gasteiger partial charge in [-0.2, -0.15) is 0 Å². The molecule has 19 heavy (non-hydrogen) atoms. The summed E-state index contributed by atoms with van der Waals surface area (Å²) in [6.45, 7) is 4.01. The SMILES string of the molecule is CC(NC1CCC(=O)NC1=O)C(=O)N1CCOCC1. The third-order valence-corrected chi connectivity index (χ3v) is 3.38. The molecule has 7 nitrogen and oxygen atoms in total. The van der Waals surface area contributed by atoms with Gasteiger partial charge in [0.2, 0.25) is 17.7 Å². The van der Waals surface area contributed by atoms with Gasteiger partial charge in [-0.1, -0.05) is 0 Å². The molecule has 0 spiro atoms. The highest BCUT2D eigenvalue weighted by molar-refractivity contribution is 6.00. The van der Waals surface area contributed by atoms with Crippen LogP contribution in [0.5, 0.6) is 0 Å². The predicted octanol–water partition coefficient (Wildman–Crippen LogP) is -1.37. The van der Waals surface area contributed by atoms with E-state index in [2.05, 4.69) is 10.6 Å². The van der Waals surface area contributed by atoms with Crippen molar-refractivity contribution < 1.29 is 19.1 Å². The molecule has 7 heteroatoms. The normalized spacial score (nSPS) is 25.9. The molecule has 3 amide bonds. The second kappa shape index (κ2) is 6.12. The number of nitrogens with zero attached hydrogens (tertiary/aromatic N) is 1. The minimum absolute atomic E-state index is 0.0343. The average molecular weight is 269 g/mol. The largest absolute Gasteiger partial charge is 0.378 e. The average Bonchev–Trinajstić information content (AvgIpc) is 2.42. The second-order valence-electron chi connectivity index (χ2n) is 4.83. The first-order chi connectivity index (χ1) is 9.08. The quantitative estimate of drug-likeness (QED) is 0.617. The fourth-order valence-corrected chi connectivity index (χ4v) is 2.28. The molecule has 0 aromatic carbocycles. The van der Waals surface area contributed by atoms with Crippen molar-refractivity contribution in [2.45, 2.75) is 31.8 Å². The number of piperidine rings is 1. The van der Waals surface area contributed by atoms with Gasteiger partial charge in [-0.05, 0) is 13.3 Å². The Morgan fingerprint density at radius 3 is 2.74 bits per heavy atom. The van der Waals surface area contributed by atoms with Crippen molar-refractivity contribution in [3.05, 3.63) is 0 Å². The van der Waals surface area contributed by atoms with Gasteiger partial charge in [-0.3, -0.25) is 25.0 Å². The standard InChI is InChI=1S/C12H19N3O4/c1-8(12(18)15-4-6-19-7-5-15)13-9-2-3-10(16)14-11(9)17/h8-9,13H,2-7H2,1H3,(H,14,16,17). The summed E-state index contributed by atoms with van der Waals surface area (Å²) in [4.78, 5) is 36.5. The maximum Gasteiger partial charge on any atom is 0.243 e. The molecule has 2 unspecified atom stereocenters. The summed E-state index contributed by atoms with van der Waals surface area (Å²) in [5.74, 6) is -0.638. The summed E-state index contributed by atoms with van der Waals surface area (Å²) in [5.41, 5.74) is 0. The lowest BCUT2D eigenvalue weighted by Gasteiger charge is -2.31. The van der Waals surface area contributed by atoms with E-state index in [1.54, 1.807) is 11.8 Å². The Balaban J connectivity index is 1.85. The van der Waals surface area contributed by atoms with Crippen molar-refractivity contribution in [2.75, 3.05) is 26.3 Å². The van der Waals surface area contributed by atoms with E-state index in [1.807, 2.05) is 0 Å². The molecule has 2 atom stereocenters. The van der Waals surface area contributed by atoms with Crippen LogP contribution in [-0.4, -0.2) is 61.0 Å². The number of morpholine rings is 1. The number of imide groups is 1. The van der Waals surface area contributed by atoms with Gasteiger partial charge in [0.1, 0.15) is 0 Å². The van der Waals surface area contributed by atoms with Crippen LogP contribution in [0.1, 0.15) is 19.8 Å². The van der Waals surface area contributed by atoms with Gasteiger partial charge >= 0.3 is 0 Å². The first kappa shape index (κ1) is 14.0. The Labute approximate surface area is 111 Å². The van der Waals surface area contributed by atoms with E-state index in [4.69, 9.17) is 4.74 Å². The first-order valence-electron chi connectivity index (χ1n) is 6.54. The lowest BCUT2D eigenvalue weighted by Crippen LogP contribution is -2.57. The van der Waals surface area contributed by atoms with Gasteiger partial charge in [-0.25, -0.2) is 0 Å². The third kappa shape index (κ3) is 3.51. The molecule has 0 aromatic rings. The summed E-state index contributed by atoms with van der Waals surface area (Å²) in [5, 5.41) is 5.26. The summed E-state index contributed by atoms with van der Waals surface area (Å²) in [6.07, 6.45) is 0.743. The van der Waals surface area contributed by atoms with Crippen molar-refractivity contribution in [3.8, 4) is 0 Å². The van der Waals surface area contributed by atoms with Gasteiger partial charge in [0.15, 0.2) is 0 Å². The van der Waals surface area contributed by atoms with Gasteiger partial charge in [-0.15, -0.1) is 0 Å². The molecule has 2 aliphatic heterocycles. The Morgan fingerprint density at radius 1 is 1.42 bits per heavy atom. The lowest BCUT2D eigenvalue weighted by molar-refractivity contribution is -0.138. The number of nitrogens with one attached hydrogen (secondary N) is 2. The summed E-state index contributed by atoms with van der Waals surface area (Å²) in [6, 6.07) is -0.917. The Bertz CT molecular complexity index is 379. The van der Waals surface area contributed by atoms with Crippen molar-refractivity contribution in [1.29, 1.82) is 0 Å². The maximum atomic E-state index is 12.2. The van der Waals surface area contributed by atoms with E-state index in [0.717, 1.165) is 0 Å². The Morgan fingerprint density at radius 2 is 2.11 bits per heavy atom. The number of ether oxygens (including phenoxy) is 1. The molecular weight excluding hydrogens is 250 g/mol. The van der Waals surface area contributed by atoms with Gasteiger partial charge in [0.25, 0.3) is 0 Å². The number of carbonyl (C=O) groups excluding carboxylic acids is 3. The van der Waals surface area contributed by atoms with Crippen molar-refractivity contribution in [3.63, 3.8) is 0 Å². The van der Waals surface area contributed by atoms with E-state index < -0.39 is 12.1 Å². The van der Waals surface area contributed by atoms with Crippen LogP contribution in [0.15, 0.2) is 0 Å². The zero-order valence-electron chi connectivity index (χ0n) is 11.0. The van der Waals surface area contributed by atoms with Crippen LogP contribution in [0.3, 0.4) is 0 Å². The van der Waals surface area contributed by atoms with E-state index in [-0.39, 0.29) is 17.7 Å². The van der Waals surface area contributed by atoms with Gasteiger partial charge in [0.05, 0.1) is 25.3 Å². The lowest BCUT2D eigenvalue weighted by atomic mass is 10.0. The third-order valence-electron chi connectivity index (χ3n) is 3.38. The van der Waals surface area contributed by atoms with E-state index in [1.165, 1.54) is 0 Å². The van der Waals surface area contributed by atoms with Crippen LogP contribution in [0, 0.1) is 0 Å². The number of hydrogen-bond donors (Lipinski definition) is 2. The zero-order valence-corrected chi connectivity index (χ0v) is 11.0. The molecule has 0 radical (unpaired) electrons. The van der Waals surface area contributed by atoms with Crippen molar-refractivity contribution >= 4 is 17.7 Å². The minimum Gasteiger partial charge on any atom is -0.378 e. The number of amides is 3. The highest BCUT2D eigenvalue weighted by Crippen LogP contribution is 2.07. The van der Waals surface area contributed by atoms with E-state index >= 15 is 0 Å². The van der Waals surface area contributed by atoms with Gasteiger partial charge < -0.3 is 9.64 Å². The number of hydrogen-bond acceptors (Lipinski definition) is 5. The molecule has 2 saturated heterocycles. The van der Waals surface area contributed by atoms with Crippen molar-refractivity contribution in [1.82, 2.24) is 15.5 Å². The molecule has 0 aromatic heterocycles. The molecule has 2 aliphatic rings. The zero-order chi connectivity index (χ0) is 13.8. The highest BCUT2D eigenvalue weighted by Gasteiger charge is 2.30. The second-order valence-corrected chi connectivity index (χ2v) is 4.83. The number of carbonyl (C=O) groups is 3. The summed E-state index contributed by atoms with van der Waals surface area (Å²) >= 11 is 0. The molecule has 0 aliphatic carbocycles. The van der Waals surface area contributed by atoms with Crippen LogP contribution in [-0.2, 0) is 19.1 Å². The fourth-order valence-electron chi connectivity index (χ4n) is 2.28. The molecule has 106 valence electrons. The van der Waals surface area contributed by atoms with E-state index in [9.17, 15) is 14.4 Å². The summed E-state index contributed by atoms with van der Waals surface area (Å²) in [7, 11) is 0. The molecular formula is C12H19N3O4. The minimum atomic E-state index is -0.474. The topological polar surface area (TPSA) is 87.7 Å². The van der Waals surface area contributed by atoms with Crippen LogP contribution in [0.2, 0.25) is 0 Å². The van der Waals surface area contributed by atoms with E-state index in [0.29, 0.717) is 39.1 Å². The Kier molecular flexibility index (Phi) is 4.49. The van der Waals surface area contributed by atoms with Crippen LogP contribution >= 0.6 is 0 Å².